The summed E-state index contributed by atoms with van der Waals surface area (Å²) in [6, 6.07) is 7.29. The summed E-state index contributed by atoms with van der Waals surface area (Å²) in [4.78, 5) is 11.1. The van der Waals surface area contributed by atoms with Crippen molar-refractivity contribution >= 4 is 11.6 Å². The molecule has 5 nitrogen and oxygen atoms in total. The van der Waals surface area contributed by atoms with Gasteiger partial charge < -0.3 is 11.1 Å². The molecule has 5 heteroatoms. The zero-order valence-electron chi connectivity index (χ0n) is 12.1. The highest BCUT2D eigenvalue weighted by atomic mass is 16.1. The van der Waals surface area contributed by atoms with Crippen LogP contribution in [0.3, 0.4) is 0 Å². The molecule has 0 fully saturated rings. The Hall–Kier alpha value is -2.30. The number of nitrogens with two attached hydrogens (primary N) is 1. The second-order valence-electron chi connectivity index (χ2n) is 5.76. The monoisotopic (exact) mass is 272 g/mol. The molecule has 2 aromatic rings. The molecule has 0 aliphatic rings. The average molecular weight is 272 g/mol. The number of rotatable bonds is 4. The van der Waals surface area contributed by atoms with E-state index in [0.29, 0.717) is 12.1 Å². The normalized spacial score (nSPS) is 11.3. The number of nitrogens with one attached hydrogen (secondary N) is 1. The first-order chi connectivity index (χ1) is 9.36. The molecule has 0 unspecified atom stereocenters. The van der Waals surface area contributed by atoms with Crippen molar-refractivity contribution in [2.45, 2.75) is 32.9 Å². The number of carbonyl (C=O) groups excluding carboxylic acids is 1. The number of amides is 1. The van der Waals surface area contributed by atoms with Gasteiger partial charge in [-0.2, -0.15) is 5.10 Å². The first kappa shape index (κ1) is 14.1. The average Bonchev–Trinajstić information content (AvgIpc) is 2.85. The molecule has 0 spiro atoms. The van der Waals surface area contributed by atoms with Gasteiger partial charge in [0.2, 0.25) is 5.91 Å². The molecule has 0 radical (unpaired) electrons. The fraction of sp³-hybridized carbons (Fsp3) is 0.333. The lowest BCUT2D eigenvalue weighted by atomic mass is 10.1. The fourth-order valence-corrected chi connectivity index (χ4v) is 1.82. The number of nitrogens with zero attached hydrogens (tertiary/aromatic N) is 2. The molecule has 2 rings (SSSR count). The lowest BCUT2D eigenvalue weighted by Gasteiger charge is -2.18. The van der Waals surface area contributed by atoms with Crippen LogP contribution in [0, 0.1) is 0 Å². The molecule has 106 valence electrons. The summed E-state index contributed by atoms with van der Waals surface area (Å²) < 4.78 is 1.91. The molecule has 20 heavy (non-hydrogen) atoms. The van der Waals surface area contributed by atoms with Crippen LogP contribution in [-0.2, 0) is 12.1 Å². The Morgan fingerprint density at radius 1 is 1.40 bits per heavy atom. The molecular weight excluding hydrogens is 252 g/mol. The number of benzene rings is 1. The number of carbonyl (C=O) groups is 1. The third-order valence-electron chi connectivity index (χ3n) is 2.98. The second-order valence-corrected chi connectivity index (χ2v) is 5.76. The van der Waals surface area contributed by atoms with Crippen LogP contribution < -0.4 is 11.1 Å². The van der Waals surface area contributed by atoms with Crippen molar-refractivity contribution in [1.29, 1.82) is 0 Å². The summed E-state index contributed by atoms with van der Waals surface area (Å²) in [7, 11) is 0. The van der Waals surface area contributed by atoms with Gasteiger partial charge in [-0.3, -0.25) is 9.48 Å². The van der Waals surface area contributed by atoms with Crippen molar-refractivity contribution in [2.24, 2.45) is 5.73 Å². The van der Waals surface area contributed by atoms with Crippen LogP contribution >= 0.6 is 0 Å². The highest BCUT2D eigenvalue weighted by Gasteiger charge is 2.13. The van der Waals surface area contributed by atoms with Crippen LogP contribution in [0.5, 0.6) is 0 Å². The zero-order valence-corrected chi connectivity index (χ0v) is 12.1. The number of hydrogen-bond acceptors (Lipinski definition) is 3. The van der Waals surface area contributed by atoms with Crippen LogP contribution in [0.1, 0.15) is 36.7 Å². The van der Waals surface area contributed by atoms with Gasteiger partial charge in [0.25, 0.3) is 0 Å². The van der Waals surface area contributed by atoms with E-state index in [9.17, 15) is 4.79 Å². The third-order valence-corrected chi connectivity index (χ3v) is 2.98. The fourth-order valence-electron chi connectivity index (χ4n) is 1.82. The molecule has 0 saturated carbocycles. The maximum atomic E-state index is 11.1. The summed E-state index contributed by atoms with van der Waals surface area (Å²) in [5, 5.41) is 7.61. The zero-order chi connectivity index (χ0) is 14.8. The van der Waals surface area contributed by atoms with E-state index in [1.807, 2.05) is 23.0 Å². The van der Waals surface area contributed by atoms with Crippen molar-refractivity contribution < 1.29 is 4.79 Å². The standard InChI is InChI=1S/C15H20N4O/c1-15(2,3)19-10-13(9-18-19)17-8-11-5-4-6-12(7-11)14(16)20/h4-7,9-10,17H,8H2,1-3H3,(H2,16,20). The number of primary amides is 1. The largest absolute Gasteiger partial charge is 0.378 e. The van der Waals surface area contributed by atoms with E-state index in [-0.39, 0.29) is 5.54 Å². The lowest BCUT2D eigenvalue weighted by Crippen LogP contribution is -2.21. The smallest absolute Gasteiger partial charge is 0.248 e. The van der Waals surface area contributed by atoms with Crippen LogP contribution in [0.2, 0.25) is 0 Å². The van der Waals surface area contributed by atoms with Crippen LogP contribution in [0.4, 0.5) is 5.69 Å². The highest BCUT2D eigenvalue weighted by Crippen LogP contribution is 2.16. The summed E-state index contributed by atoms with van der Waals surface area (Å²) in [5.74, 6) is -0.410. The molecule has 0 bridgehead atoms. The first-order valence-corrected chi connectivity index (χ1v) is 6.54. The molecule has 1 aromatic carbocycles. The minimum Gasteiger partial charge on any atom is -0.378 e. The van der Waals surface area contributed by atoms with Crippen molar-refractivity contribution in [3.63, 3.8) is 0 Å². The van der Waals surface area contributed by atoms with Gasteiger partial charge in [0.05, 0.1) is 17.4 Å². The number of hydrogen-bond donors (Lipinski definition) is 2. The third kappa shape index (κ3) is 3.38. The van der Waals surface area contributed by atoms with Gasteiger partial charge in [0, 0.05) is 18.3 Å². The Kier molecular flexibility index (Phi) is 3.79. The summed E-state index contributed by atoms with van der Waals surface area (Å²) in [6.45, 7) is 6.91. The summed E-state index contributed by atoms with van der Waals surface area (Å²) in [5.41, 5.74) is 7.71. The van der Waals surface area contributed by atoms with E-state index in [4.69, 9.17) is 5.73 Å². The molecule has 1 amide bonds. The van der Waals surface area contributed by atoms with Crippen LogP contribution in [-0.4, -0.2) is 15.7 Å². The Morgan fingerprint density at radius 3 is 2.75 bits per heavy atom. The molecule has 1 aromatic heterocycles. The molecule has 1 heterocycles. The van der Waals surface area contributed by atoms with Crippen molar-refractivity contribution in [1.82, 2.24) is 9.78 Å². The number of anilines is 1. The Balaban J connectivity index is 2.04. The van der Waals surface area contributed by atoms with Crippen molar-refractivity contribution in [3.8, 4) is 0 Å². The highest BCUT2D eigenvalue weighted by molar-refractivity contribution is 5.92. The first-order valence-electron chi connectivity index (χ1n) is 6.54. The minimum atomic E-state index is -0.410. The summed E-state index contributed by atoms with van der Waals surface area (Å²) in [6.07, 6.45) is 3.77. The molecule has 3 N–H and O–H groups in total. The second kappa shape index (κ2) is 5.36. The minimum absolute atomic E-state index is 0.0359. The topological polar surface area (TPSA) is 72.9 Å². The maximum absolute atomic E-state index is 11.1. The van der Waals surface area contributed by atoms with Gasteiger partial charge in [-0.05, 0) is 38.5 Å². The van der Waals surface area contributed by atoms with E-state index in [1.165, 1.54) is 0 Å². The van der Waals surface area contributed by atoms with E-state index < -0.39 is 5.91 Å². The van der Waals surface area contributed by atoms with Crippen LogP contribution in [0.25, 0.3) is 0 Å². The van der Waals surface area contributed by atoms with Gasteiger partial charge in [0.15, 0.2) is 0 Å². The van der Waals surface area contributed by atoms with Gasteiger partial charge in [-0.15, -0.1) is 0 Å². The Bertz CT molecular complexity index is 610. The number of aromatic nitrogens is 2. The molecule has 0 atom stereocenters. The van der Waals surface area contributed by atoms with E-state index in [1.54, 1.807) is 18.3 Å². The van der Waals surface area contributed by atoms with Gasteiger partial charge in [-0.1, -0.05) is 12.1 Å². The molecule has 0 aliphatic carbocycles. The Morgan fingerprint density at radius 2 is 2.15 bits per heavy atom. The quantitative estimate of drug-likeness (QED) is 0.897. The summed E-state index contributed by atoms with van der Waals surface area (Å²) >= 11 is 0. The molecular formula is C15H20N4O. The lowest BCUT2D eigenvalue weighted by molar-refractivity contribution is 0.1000. The van der Waals surface area contributed by atoms with Gasteiger partial charge in [-0.25, -0.2) is 0 Å². The van der Waals surface area contributed by atoms with Crippen LogP contribution in [0.15, 0.2) is 36.7 Å². The SMILES string of the molecule is CC(C)(C)n1cc(NCc2cccc(C(N)=O)c2)cn1. The van der Waals surface area contributed by atoms with Gasteiger partial charge in [0.1, 0.15) is 0 Å². The van der Waals surface area contributed by atoms with Crippen molar-refractivity contribution in [2.75, 3.05) is 5.32 Å². The van der Waals surface area contributed by atoms with E-state index >= 15 is 0 Å². The van der Waals surface area contributed by atoms with E-state index in [2.05, 4.69) is 31.2 Å². The molecule has 0 aliphatic heterocycles. The van der Waals surface area contributed by atoms with Crippen molar-refractivity contribution in [3.05, 3.63) is 47.8 Å². The molecule has 0 saturated heterocycles. The Labute approximate surface area is 118 Å². The predicted octanol–water partition coefficient (Wildman–Crippen LogP) is 2.35. The van der Waals surface area contributed by atoms with Gasteiger partial charge >= 0.3 is 0 Å². The predicted molar refractivity (Wildman–Crippen MR) is 79.5 cm³/mol. The van der Waals surface area contributed by atoms with E-state index in [0.717, 1.165) is 11.3 Å². The maximum Gasteiger partial charge on any atom is 0.248 e.